The van der Waals surface area contributed by atoms with Crippen LogP contribution in [0, 0.1) is 11.5 Å². The number of carbonyl (C=O) groups is 1. The molecule has 0 bridgehead atoms. The monoisotopic (exact) mass is 475 g/mol. The molecule has 1 unspecified atom stereocenters. The van der Waals surface area contributed by atoms with E-state index < -0.39 is 0 Å². The van der Waals surface area contributed by atoms with E-state index in [-0.39, 0.29) is 17.4 Å². The Morgan fingerprint density at radius 1 is 1.17 bits per heavy atom. The van der Waals surface area contributed by atoms with Gasteiger partial charge in [-0.1, -0.05) is 42.5 Å². The number of methoxy groups -OCH3 is 1. The molecule has 2 aliphatic heterocycles. The Morgan fingerprint density at radius 2 is 1.91 bits per heavy atom. The van der Waals surface area contributed by atoms with Crippen LogP contribution in [0.3, 0.4) is 0 Å². The number of hydrogen-bond acceptors (Lipinski definition) is 5. The first-order valence-electron chi connectivity index (χ1n) is 12.2. The van der Waals surface area contributed by atoms with E-state index in [9.17, 15) is 10.1 Å². The molecule has 184 valence electrons. The number of nitriles is 1. The van der Waals surface area contributed by atoms with Gasteiger partial charge in [-0.05, 0) is 43.4 Å². The van der Waals surface area contributed by atoms with Crippen LogP contribution in [0.5, 0.6) is 5.75 Å². The van der Waals surface area contributed by atoms with Crippen LogP contribution in [0.25, 0.3) is 0 Å². The van der Waals surface area contributed by atoms with Crippen LogP contribution in [0.1, 0.15) is 41.6 Å². The van der Waals surface area contributed by atoms with Crippen molar-refractivity contribution >= 4 is 11.9 Å². The minimum atomic E-state index is -0.220. The molecule has 2 saturated heterocycles. The number of likely N-dealkylation sites (tertiary alicyclic amines) is 1. The molecule has 1 atom stereocenters. The molecule has 2 aromatic carbocycles. The number of hydrogen-bond donors (Lipinski definition) is 2. The lowest BCUT2D eigenvalue weighted by molar-refractivity contribution is 0.0928. The van der Waals surface area contributed by atoms with Gasteiger partial charge in [-0.2, -0.15) is 5.26 Å². The van der Waals surface area contributed by atoms with Crippen molar-refractivity contribution < 1.29 is 14.3 Å². The second-order valence-electron chi connectivity index (χ2n) is 9.07. The Hall–Kier alpha value is -3.57. The first-order chi connectivity index (χ1) is 17.1. The fourth-order valence-electron chi connectivity index (χ4n) is 4.96. The zero-order valence-corrected chi connectivity index (χ0v) is 20.2. The molecule has 2 heterocycles. The van der Waals surface area contributed by atoms with E-state index in [1.807, 2.05) is 36.5 Å². The number of benzene rings is 2. The first-order valence-corrected chi connectivity index (χ1v) is 12.2. The lowest BCUT2D eigenvalue weighted by Gasteiger charge is -2.43. The Bertz CT molecular complexity index is 1050. The molecule has 4 rings (SSSR count). The molecule has 0 aromatic heterocycles. The number of aliphatic imine (C=N–C) groups is 1. The summed E-state index contributed by atoms with van der Waals surface area (Å²) in [6, 6.07) is 17.6. The van der Waals surface area contributed by atoms with Crippen LogP contribution in [0.15, 0.2) is 59.6 Å². The van der Waals surface area contributed by atoms with Gasteiger partial charge in [0.2, 0.25) is 12.2 Å². The highest BCUT2D eigenvalue weighted by Crippen LogP contribution is 2.35. The van der Waals surface area contributed by atoms with Crippen molar-refractivity contribution in [2.24, 2.45) is 4.99 Å². The number of ether oxygens (including phenoxy) is 2. The van der Waals surface area contributed by atoms with Gasteiger partial charge >= 0.3 is 0 Å². The Labute approximate surface area is 206 Å². The second-order valence-corrected chi connectivity index (χ2v) is 9.07. The molecule has 1 amide bonds. The van der Waals surface area contributed by atoms with Crippen molar-refractivity contribution in [2.75, 3.05) is 39.9 Å². The zero-order valence-electron chi connectivity index (χ0n) is 20.2. The average Bonchev–Trinajstić information content (AvgIpc) is 3.44. The predicted molar refractivity (Wildman–Crippen MR) is 134 cm³/mol. The minimum absolute atomic E-state index is 0.148. The molecule has 35 heavy (non-hydrogen) atoms. The van der Waals surface area contributed by atoms with Crippen molar-refractivity contribution in [3.63, 3.8) is 0 Å². The third-order valence-corrected chi connectivity index (χ3v) is 7.01. The van der Waals surface area contributed by atoms with Gasteiger partial charge in [0.05, 0.1) is 18.8 Å². The van der Waals surface area contributed by atoms with E-state index in [1.165, 1.54) is 5.56 Å². The number of guanidine groups is 1. The zero-order chi connectivity index (χ0) is 24.5. The summed E-state index contributed by atoms with van der Waals surface area (Å²) < 4.78 is 11.1. The summed E-state index contributed by atoms with van der Waals surface area (Å²) in [6.07, 6.45) is 5.82. The first kappa shape index (κ1) is 24.6. The highest BCUT2D eigenvalue weighted by atomic mass is 16.5. The molecule has 0 spiro atoms. The summed E-state index contributed by atoms with van der Waals surface area (Å²) in [7, 11) is 1.57. The van der Waals surface area contributed by atoms with Crippen molar-refractivity contribution in [3.05, 3.63) is 65.7 Å². The van der Waals surface area contributed by atoms with Gasteiger partial charge in [0.15, 0.2) is 0 Å². The summed E-state index contributed by atoms with van der Waals surface area (Å²) in [5, 5.41) is 15.7. The largest absolute Gasteiger partial charge is 0.496 e. The molecule has 2 aliphatic rings. The number of carbonyl (C=O) groups excluding carboxylic acids is 1. The number of amides is 1. The van der Waals surface area contributed by atoms with E-state index in [1.54, 1.807) is 19.2 Å². The molecule has 0 radical (unpaired) electrons. The number of rotatable bonds is 7. The standard InChI is InChI=1S/C27H33N5O3/c1-34-24-12-6-5-11-23(24)25(33)30-19-27(21-8-3-2-4-9-21)13-15-32(16-14-27)26(31-20-28)29-18-22-10-7-17-35-22/h2-6,8-9,11-12,22H,7,10,13-19H2,1H3,(H,29,31)(H,30,33). The Morgan fingerprint density at radius 3 is 2.60 bits per heavy atom. The third kappa shape index (κ3) is 5.92. The van der Waals surface area contributed by atoms with Crippen LogP contribution in [-0.2, 0) is 10.2 Å². The van der Waals surface area contributed by atoms with Crippen LogP contribution in [0.4, 0.5) is 0 Å². The van der Waals surface area contributed by atoms with Gasteiger partial charge in [-0.25, -0.2) is 0 Å². The number of para-hydroxylation sites is 1. The molecule has 0 saturated carbocycles. The van der Waals surface area contributed by atoms with Gasteiger partial charge in [-0.15, -0.1) is 4.99 Å². The van der Waals surface area contributed by atoms with E-state index in [2.05, 4.69) is 32.7 Å². The van der Waals surface area contributed by atoms with Crippen molar-refractivity contribution in [2.45, 2.75) is 37.2 Å². The van der Waals surface area contributed by atoms with Gasteiger partial charge in [0.25, 0.3) is 5.91 Å². The van der Waals surface area contributed by atoms with Gasteiger partial charge in [0.1, 0.15) is 5.75 Å². The SMILES string of the molecule is COc1ccccc1C(=O)NCC1(c2ccccc2)CCN(/C(=N\C#N)NCC2CCCO2)CC1. The number of piperidine rings is 1. The Kier molecular flexibility index (Phi) is 8.22. The lowest BCUT2D eigenvalue weighted by Crippen LogP contribution is -2.53. The van der Waals surface area contributed by atoms with E-state index in [0.717, 1.165) is 45.4 Å². The quantitative estimate of drug-likeness (QED) is 0.363. The van der Waals surface area contributed by atoms with Crippen LogP contribution < -0.4 is 15.4 Å². The van der Waals surface area contributed by atoms with Gasteiger partial charge in [0, 0.05) is 38.2 Å². The highest BCUT2D eigenvalue weighted by Gasteiger charge is 2.37. The maximum atomic E-state index is 13.0. The molecule has 0 aliphatic carbocycles. The average molecular weight is 476 g/mol. The Balaban J connectivity index is 1.45. The van der Waals surface area contributed by atoms with Crippen LogP contribution in [-0.4, -0.2) is 62.8 Å². The summed E-state index contributed by atoms with van der Waals surface area (Å²) >= 11 is 0. The summed E-state index contributed by atoms with van der Waals surface area (Å²) in [5.41, 5.74) is 1.50. The smallest absolute Gasteiger partial charge is 0.255 e. The van der Waals surface area contributed by atoms with Crippen molar-refractivity contribution in [3.8, 4) is 11.9 Å². The normalized spacial score (nSPS) is 19.6. The van der Waals surface area contributed by atoms with Gasteiger partial charge < -0.3 is 25.0 Å². The third-order valence-electron chi connectivity index (χ3n) is 7.01. The molecule has 8 heteroatoms. The molecule has 2 fully saturated rings. The summed E-state index contributed by atoms with van der Waals surface area (Å²) in [6.45, 7) is 3.39. The fourth-order valence-corrected chi connectivity index (χ4v) is 4.96. The van der Waals surface area contributed by atoms with Crippen molar-refractivity contribution in [1.82, 2.24) is 15.5 Å². The van der Waals surface area contributed by atoms with E-state index in [0.29, 0.717) is 30.4 Å². The molecule has 2 N–H and O–H groups in total. The molecule has 2 aromatic rings. The molecular formula is C27H33N5O3. The lowest BCUT2D eigenvalue weighted by atomic mass is 9.72. The maximum absolute atomic E-state index is 13.0. The molecular weight excluding hydrogens is 442 g/mol. The highest BCUT2D eigenvalue weighted by molar-refractivity contribution is 5.97. The number of nitrogens with one attached hydrogen (secondary N) is 2. The number of nitrogens with zero attached hydrogens (tertiary/aromatic N) is 3. The van der Waals surface area contributed by atoms with Crippen LogP contribution in [0.2, 0.25) is 0 Å². The summed E-state index contributed by atoms with van der Waals surface area (Å²) in [5.74, 6) is 1.01. The van der Waals surface area contributed by atoms with Crippen molar-refractivity contribution in [1.29, 1.82) is 5.26 Å². The van der Waals surface area contributed by atoms with Crippen LogP contribution >= 0.6 is 0 Å². The van der Waals surface area contributed by atoms with Gasteiger partial charge in [-0.3, -0.25) is 4.79 Å². The topological polar surface area (TPSA) is 99.0 Å². The molecule has 8 nitrogen and oxygen atoms in total. The second kappa shape index (κ2) is 11.7. The fraction of sp³-hybridized carbons (Fsp3) is 0.444. The summed E-state index contributed by atoms with van der Waals surface area (Å²) in [4.78, 5) is 19.2. The van der Waals surface area contributed by atoms with E-state index in [4.69, 9.17) is 9.47 Å². The maximum Gasteiger partial charge on any atom is 0.255 e. The van der Waals surface area contributed by atoms with E-state index >= 15 is 0 Å². The predicted octanol–water partition coefficient (Wildman–Crippen LogP) is 3.06. The minimum Gasteiger partial charge on any atom is -0.496 e.